The Morgan fingerprint density at radius 3 is 2.40 bits per heavy atom. The van der Waals surface area contributed by atoms with Crippen LogP contribution in [0.25, 0.3) is 0 Å². The van der Waals surface area contributed by atoms with E-state index < -0.39 is 20.4 Å². The molecule has 0 bridgehead atoms. The van der Waals surface area contributed by atoms with Crippen LogP contribution < -0.4 is 5.32 Å². The summed E-state index contributed by atoms with van der Waals surface area (Å²) in [5.74, 6) is -0.554. The van der Waals surface area contributed by atoms with Crippen molar-refractivity contribution < 1.29 is 12.8 Å². The first-order valence-corrected chi connectivity index (χ1v) is 8.68. The molecule has 0 aliphatic carbocycles. The molecule has 114 valence electrons. The zero-order chi connectivity index (χ0) is 15.7. The summed E-state index contributed by atoms with van der Waals surface area (Å²) < 4.78 is 35.8. The molecule has 1 N–H and O–H groups in total. The molecule has 0 fully saturated rings. The normalized spacial score (nSPS) is 14.3. The van der Waals surface area contributed by atoms with Gasteiger partial charge in [-0.25, -0.2) is 12.8 Å². The molecule has 20 heavy (non-hydrogen) atoms. The molecular weight excluding hydrogens is 324 g/mol. The number of benzene rings is 1. The number of hydrogen-bond acceptors (Lipinski definition) is 3. The Labute approximate surface area is 129 Å². The van der Waals surface area contributed by atoms with Crippen LogP contribution in [0.5, 0.6) is 0 Å². The van der Waals surface area contributed by atoms with E-state index in [4.69, 9.17) is 23.2 Å². The molecule has 7 heteroatoms. The standard InChI is InChI=1S/C13H18Cl2FNO2S/c1-8(17-7-13(2,3)20(4,18)19)11-9(14)5-6-10(16)12(11)15/h5-6,8,17H,7H2,1-4H3. The van der Waals surface area contributed by atoms with Gasteiger partial charge in [0.15, 0.2) is 9.84 Å². The molecule has 0 amide bonds. The van der Waals surface area contributed by atoms with E-state index in [0.717, 1.165) is 0 Å². The van der Waals surface area contributed by atoms with Gasteiger partial charge in [-0.05, 0) is 32.9 Å². The molecule has 3 nitrogen and oxygen atoms in total. The molecule has 0 aromatic heterocycles. The van der Waals surface area contributed by atoms with Gasteiger partial charge < -0.3 is 5.32 Å². The van der Waals surface area contributed by atoms with Gasteiger partial charge in [0.25, 0.3) is 0 Å². The van der Waals surface area contributed by atoms with Crippen LogP contribution in [0.15, 0.2) is 12.1 Å². The molecule has 0 aliphatic rings. The Morgan fingerprint density at radius 2 is 1.90 bits per heavy atom. The van der Waals surface area contributed by atoms with E-state index in [1.54, 1.807) is 20.8 Å². The van der Waals surface area contributed by atoms with Crippen LogP contribution >= 0.6 is 23.2 Å². The van der Waals surface area contributed by atoms with Gasteiger partial charge in [0.2, 0.25) is 0 Å². The minimum atomic E-state index is -3.21. The minimum absolute atomic E-state index is 0.0466. The third kappa shape index (κ3) is 3.85. The lowest BCUT2D eigenvalue weighted by Gasteiger charge is -2.26. The Balaban J connectivity index is 2.94. The summed E-state index contributed by atoms with van der Waals surface area (Å²) in [5.41, 5.74) is 0.428. The van der Waals surface area contributed by atoms with E-state index in [1.807, 2.05) is 0 Å². The number of sulfone groups is 1. The average Bonchev–Trinajstić information content (AvgIpc) is 2.30. The van der Waals surface area contributed by atoms with E-state index >= 15 is 0 Å². The summed E-state index contributed by atoms with van der Waals surface area (Å²) in [6, 6.07) is 2.26. The SMILES string of the molecule is CC(NCC(C)(C)S(C)(=O)=O)c1c(Cl)ccc(F)c1Cl. The fourth-order valence-corrected chi connectivity index (χ4v) is 2.62. The van der Waals surface area contributed by atoms with E-state index in [9.17, 15) is 12.8 Å². The second kappa shape index (κ2) is 6.18. The van der Waals surface area contributed by atoms with E-state index in [-0.39, 0.29) is 17.6 Å². The van der Waals surface area contributed by atoms with Crippen LogP contribution in [0.4, 0.5) is 4.39 Å². The fourth-order valence-electron chi connectivity index (χ4n) is 1.57. The lowest BCUT2D eigenvalue weighted by Crippen LogP contribution is -2.42. The first-order chi connectivity index (χ1) is 8.97. The van der Waals surface area contributed by atoms with Crippen LogP contribution in [0.1, 0.15) is 32.4 Å². The molecule has 1 aromatic rings. The van der Waals surface area contributed by atoms with Crippen molar-refractivity contribution in [1.29, 1.82) is 0 Å². The van der Waals surface area contributed by atoms with Crippen molar-refractivity contribution in [1.82, 2.24) is 5.32 Å². The highest BCUT2D eigenvalue weighted by atomic mass is 35.5. The van der Waals surface area contributed by atoms with Gasteiger partial charge in [0.05, 0.1) is 9.77 Å². The molecular formula is C13H18Cl2FNO2S. The topological polar surface area (TPSA) is 46.2 Å². The van der Waals surface area contributed by atoms with Crippen molar-refractivity contribution in [2.24, 2.45) is 0 Å². The highest BCUT2D eigenvalue weighted by Gasteiger charge is 2.30. The number of halogens is 3. The van der Waals surface area contributed by atoms with Gasteiger partial charge in [-0.1, -0.05) is 23.2 Å². The Hall–Kier alpha value is -0.360. The highest BCUT2D eigenvalue weighted by molar-refractivity contribution is 7.92. The Bertz CT molecular complexity index is 603. The predicted molar refractivity (Wildman–Crippen MR) is 81.8 cm³/mol. The molecule has 1 unspecified atom stereocenters. The lowest BCUT2D eigenvalue weighted by atomic mass is 10.1. The van der Waals surface area contributed by atoms with Gasteiger partial charge in [0, 0.05) is 29.4 Å². The van der Waals surface area contributed by atoms with Gasteiger partial charge in [-0.2, -0.15) is 0 Å². The Morgan fingerprint density at radius 1 is 1.35 bits per heavy atom. The van der Waals surface area contributed by atoms with Crippen molar-refractivity contribution in [2.75, 3.05) is 12.8 Å². The van der Waals surface area contributed by atoms with E-state index in [0.29, 0.717) is 10.6 Å². The molecule has 1 aromatic carbocycles. The predicted octanol–water partition coefficient (Wildman–Crippen LogP) is 3.61. The van der Waals surface area contributed by atoms with Gasteiger partial charge in [-0.3, -0.25) is 0 Å². The second-order valence-corrected chi connectivity index (χ2v) is 8.83. The van der Waals surface area contributed by atoms with Crippen molar-refractivity contribution in [3.63, 3.8) is 0 Å². The average molecular weight is 342 g/mol. The number of nitrogens with one attached hydrogen (secondary N) is 1. The first kappa shape index (κ1) is 17.7. The molecule has 0 radical (unpaired) electrons. The summed E-state index contributed by atoms with van der Waals surface area (Å²) >= 11 is 11.9. The zero-order valence-electron chi connectivity index (χ0n) is 11.8. The third-order valence-corrected chi connectivity index (χ3v) is 6.22. The Kier molecular flexibility index (Phi) is 5.46. The zero-order valence-corrected chi connectivity index (χ0v) is 14.1. The smallest absolute Gasteiger partial charge is 0.153 e. The summed E-state index contributed by atoms with van der Waals surface area (Å²) in [4.78, 5) is 0. The van der Waals surface area contributed by atoms with E-state index in [2.05, 4.69) is 5.32 Å². The van der Waals surface area contributed by atoms with Crippen LogP contribution in [-0.4, -0.2) is 26.0 Å². The summed E-state index contributed by atoms with van der Waals surface area (Å²) in [5, 5.41) is 3.33. The molecule has 1 rings (SSSR count). The minimum Gasteiger partial charge on any atom is -0.309 e. The van der Waals surface area contributed by atoms with Crippen LogP contribution in [0, 0.1) is 5.82 Å². The van der Waals surface area contributed by atoms with Crippen molar-refractivity contribution >= 4 is 33.0 Å². The molecule has 1 atom stereocenters. The van der Waals surface area contributed by atoms with Gasteiger partial charge in [-0.15, -0.1) is 0 Å². The monoisotopic (exact) mass is 341 g/mol. The summed E-state index contributed by atoms with van der Waals surface area (Å²) in [6.45, 7) is 5.20. The molecule has 0 saturated heterocycles. The van der Waals surface area contributed by atoms with Gasteiger partial charge in [0.1, 0.15) is 5.82 Å². The largest absolute Gasteiger partial charge is 0.309 e. The van der Waals surface area contributed by atoms with Gasteiger partial charge >= 0.3 is 0 Å². The highest BCUT2D eigenvalue weighted by Crippen LogP contribution is 2.32. The maximum Gasteiger partial charge on any atom is 0.153 e. The molecule has 0 heterocycles. The molecule has 0 aliphatic heterocycles. The van der Waals surface area contributed by atoms with Crippen molar-refractivity contribution in [3.8, 4) is 0 Å². The lowest BCUT2D eigenvalue weighted by molar-refractivity contribution is 0.487. The van der Waals surface area contributed by atoms with E-state index in [1.165, 1.54) is 18.4 Å². The maximum absolute atomic E-state index is 13.5. The summed E-state index contributed by atoms with van der Waals surface area (Å²) in [6.07, 6.45) is 1.18. The maximum atomic E-state index is 13.5. The quantitative estimate of drug-likeness (QED) is 0.832. The molecule has 0 saturated carbocycles. The number of hydrogen-bond donors (Lipinski definition) is 1. The second-order valence-electron chi connectivity index (χ2n) is 5.39. The number of rotatable bonds is 5. The third-order valence-electron chi connectivity index (χ3n) is 3.35. The van der Waals surface area contributed by atoms with Crippen LogP contribution in [0.3, 0.4) is 0 Å². The fraction of sp³-hybridized carbons (Fsp3) is 0.538. The summed E-state index contributed by atoms with van der Waals surface area (Å²) in [7, 11) is -3.21. The first-order valence-electron chi connectivity index (χ1n) is 6.04. The van der Waals surface area contributed by atoms with Crippen molar-refractivity contribution in [2.45, 2.75) is 31.6 Å². The van der Waals surface area contributed by atoms with Crippen LogP contribution in [-0.2, 0) is 9.84 Å². The van der Waals surface area contributed by atoms with Crippen LogP contribution in [0.2, 0.25) is 10.0 Å². The van der Waals surface area contributed by atoms with Crippen molar-refractivity contribution in [3.05, 3.63) is 33.6 Å². The molecule has 0 spiro atoms.